The minimum atomic E-state index is -3.64. The zero-order valence-corrected chi connectivity index (χ0v) is 19.5. The van der Waals surface area contributed by atoms with Gasteiger partial charge in [-0.2, -0.15) is 4.31 Å². The fraction of sp³-hybridized carbons (Fsp3) is 0.318. The summed E-state index contributed by atoms with van der Waals surface area (Å²) in [5.41, 5.74) is 0.637. The average Bonchev–Trinajstić information content (AvgIpc) is 3.32. The van der Waals surface area contributed by atoms with E-state index in [-0.39, 0.29) is 41.7 Å². The van der Waals surface area contributed by atoms with Crippen LogP contribution in [0.25, 0.3) is 11.5 Å². The van der Waals surface area contributed by atoms with Gasteiger partial charge in [-0.25, -0.2) is 8.42 Å². The van der Waals surface area contributed by atoms with E-state index >= 15 is 0 Å². The van der Waals surface area contributed by atoms with Crippen molar-refractivity contribution in [1.29, 1.82) is 0 Å². The average molecular weight is 505 g/mol. The van der Waals surface area contributed by atoms with Gasteiger partial charge in [0.05, 0.1) is 4.90 Å². The Morgan fingerprint density at radius 1 is 1.00 bits per heavy atom. The fourth-order valence-electron chi connectivity index (χ4n) is 3.89. The normalized spacial score (nSPS) is 16.9. The molecule has 2 aliphatic rings. The highest BCUT2D eigenvalue weighted by molar-refractivity contribution is 7.89. The first-order chi connectivity index (χ1) is 16.4. The number of piperidine rings is 1. The predicted molar refractivity (Wildman–Crippen MR) is 122 cm³/mol. The smallest absolute Gasteiger partial charge is 0.322 e. The molecule has 12 heteroatoms. The topological polar surface area (TPSA) is 124 Å². The van der Waals surface area contributed by atoms with Gasteiger partial charge in [-0.3, -0.25) is 10.1 Å². The van der Waals surface area contributed by atoms with E-state index in [1.54, 1.807) is 18.2 Å². The van der Waals surface area contributed by atoms with Crippen molar-refractivity contribution >= 4 is 33.5 Å². The van der Waals surface area contributed by atoms with E-state index in [0.29, 0.717) is 48.1 Å². The number of anilines is 1. The third-order valence-corrected chi connectivity index (χ3v) is 7.89. The van der Waals surface area contributed by atoms with E-state index < -0.39 is 10.0 Å². The van der Waals surface area contributed by atoms with Crippen LogP contribution in [0.3, 0.4) is 0 Å². The van der Waals surface area contributed by atoms with Gasteiger partial charge in [0, 0.05) is 29.6 Å². The molecule has 1 amide bonds. The van der Waals surface area contributed by atoms with Gasteiger partial charge in [-0.15, -0.1) is 5.10 Å². The number of sulfonamides is 1. The number of nitrogens with zero attached hydrogens (tertiary/aromatic N) is 3. The number of aromatic nitrogens is 2. The Hall–Kier alpha value is -3.15. The number of hydrogen-bond acceptors (Lipinski definition) is 8. The van der Waals surface area contributed by atoms with Crippen LogP contribution >= 0.6 is 11.6 Å². The summed E-state index contributed by atoms with van der Waals surface area (Å²) in [6.45, 7) is 1.42. The van der Waals surface area contributed by atoms with Crippen LogP contribution in [0, 0.1) is 5.92 Å². The molecule has 1 fully saturated rings. The van der Waals surface area contributed by atoms with E-state index in [1.165, 1.54) is 28.6 Å². The third kappa shape index (κ3) is 4.59. The summed E-state index contributed by atoms with van der Waals surface area (Å²) >= 11 is 5.85. The fourth-order valence-corrected chi connectivity index (χ4v) is 5.48. The van der Waals surface area contributed by atoms with Crippen molar-refractivity contribution < 1.29 is 27.1 Å². The number of rotatable bonds is 5. The number of amides is 1. The lowest BCUT2D eigenvalue weighted by Gasteiger charge is -2.30. The molecule has 178 valence electrons. The van der Waals surface area contributed by atoms with Crippen molar-refractivity contribution in [2.45, 2.75) is 17.7 Å². The monoisotopic (exact) mass is 504 g/mol. The zero-order chi connectivity index (χ0) is 23.7. The Kier molecular flexibility index (Phi) is 6.15. The second kappa shape index (κ2) is 9.24. The summed E-state index contributed by atoms with van der Waals surface area (Å²) in [6.07, 6.45) is 0.754. The molecule has 0 aliphatic carbocycles. The Balaban J connectivity index is 1.19. The molecule has 1 saturated heterocycles. The summed E-state index contributed by atoms with van der Waals surface area (Å²) in [5.74, 6) is 0.804. The number of fused-ring (bicyclic) bond motifs is 1. The van der Waals surface area contributed by atoms with Gasteiger partial charge in [0.15, 0.2) is 11.5 Å². The second-order valence-electron chi connectivity index (χ2n) is 7.89. The van der Waals surface area contributed by atoms with Crippen molar-refractivity contribution in [3.8, 4) is 23.0 Å². The van der Waals surface area contributed by atoms with E-state index in [0.717, 1.165) is 0 Å². The molecule has 2 aromatic carbocycles. The molecule has 10 nitrogen and oxygen atoms in total. The van der Waals surface area contributed by atoms with Crippen LogP contribution < -0.4 is 14.8 Å². The second-order valence-corrected chi connectivity index (χ2v) is 10.3. The van der Waals surface area contributed by atoms with Crippen LogP contribution in [-0.2, 0) is 14.8 Å². The Bertz CT molecular complexity index is 1300. The first kappa shape index (κ1) is 22.6. The van der Waals surface area contributed by atoms with E-state index in [2.05, 4.69) is 15.5 Å². The van der Waals surface area contributed by atoms with Crippen molar-refractivity contribution in [3.05, 3.63) is 47.5 Å². The minimum absolute atomic E-state index is 0.0221. The molecule has 0 radical (unpaired) electrons. The molecule has 3 aromatic rings. The molecule has 3 heterocycles. The Morgan fingerprint density at radius 3 is 2.44 bits per heavy atom. The summed E-state index contributed by atoms with van der Waals surface area (Å²) in [4.78, 5) is 12.9. The standard InChI is InChI=1S/C22H21ClN4O6S/c23-16-2-4-17(5-3-16)34(29,30)27-9-7-14(8-10-27)20(28)24-22-26-25-21(33-22)15-1-6-18-19(13-15)32-12-11-31-18/h1-6,13-14H,7-12H2,(H,24,26,28). The number of carbonyl (C=O) groups is 1. The maximum absolute atomic E-state index is 12.8. The van der Waals surface area contributed by atoms with E-state index in [1.807, 2.05) is 0 Å². The highest BCUT2D eigenvalue weighted by atomic mass is 35.5. The van der Waals surface area contributed by atoms with E-state index in [9.17, 15) is 13.2 Å². The first-order valence-corrected chi connectivity index (χ1v) is 12.5. The van der Waals surface area contributed by atoms with Gasteiger partial charge in [0.1, 0.15) is 13.2 Å². The Labute approximate surface area is 200 Å². The van der Waals surface area contributed by atoms with Crippen molar-refractivity contribution in [2.75, 3.05) is 31.6 Å². The van der Waals surface area contributed by atoms with Crippen LogP contribution in [0.5, 0.6) is 11.5 Å². The third-order valence-electron chi connectivity index (χ3n) is 5.72. The van der Waals surface area contributed by atoms with Crippen molar-refractivity contribution in [2.24, 2.45) is 5.92 Å². The van der Waals surface area contributed by atoms with Gasteiger partial charge in [-0.1, -0.05) is 16.7 Å². The molecule has 0 atom stereocenters. The molecule has 0 bridgehead atoms. The van der Waals surface area contributed by atoms with Crippen LogP contribution in [0.1, 0.15) is 12.8 Å². The molecule has 0 unspecified atom stereocenters. The number of benzene rings is 2. The highest BCUT2D eigenvalue weighted by Crippen LogP contribution is 2.34. The van der Waals surface area contributed by atoms with Gasteiger partial charge in [0.2, 0.25) is 21.8 Å². The molecular formula is C22H21ClN4O6S. The number of nitrogens with one attached hydrogen (secondary N) is 1. The van der Waals surface area contributed by atoms with Gasteiger partial charge >= 0.3 is 6.01 Å². The minimum Gasteiger partial charge on any atom is -0.486 e. The molecule has 5 rings (SSSR count). The Morgan fingerprint density at radius 2 is 1.71 bits per heavy atom. The van der Waals surface area contributed by atoms with Crippen LogP contribution in [0.4, 0.5) is 6.01 Å². The molecule has 0 saturated carbocycles. The number of carbonyl (C=O) groups excluding carboxylic acids is 1. The van der Waals surface area contributed by atoms with Gasteiger partial charge in [0.25, 0.3) is 0 Å². The summed E-state index contributed by atoms with van der Waals surface area (Å²) in [6, 6.07) is 11.3. The van der Waals surface area contributed by atoms with Crippen molar-refractivity contribution in [3.63, 3.8) is 0 Å². The molecule has 34 heavy (non-hydrogen) atoms. The molecular weight excluding hydrogens is 484 g/mol. The maximum Gasteiger partial charge on any atom is 0.322 e. The quantitative estimate of drug-likeness (QED) is 0.561. The van der Waals surface area contributed by atoms with Gasteiger partial charge < -0.3 is 13.9 Å². The zero-order valence-electron chi connectivity index (χ0n) is 17.9. The summed E-state index contributed by atoms with van der Waals surface area (Å²) < 4.78 is 43.7. The first-order valence-electron chi connectivity index (χ1n) is 10.7. The molecule has 1 aromatic heterocycles. The molecule has 2 aliphatic heterocycles. The maximum atomic E-state index is 12.8. The SMILES string of the molecule is O=C(Nc1nnc(-c2ccc3c(c2)OCCO3)o1)C1CCN(S(=O)(=O)c2ccc(Cl)cc2)CC1. The lowest BCUT2D eigenvalue weighted by molar-refractivity contribution is -0.121. The largest absolute Gasteiger partial charge is 0.486 e. The summed E-state index contributed by atoms with van der Waals surface area (Å²) in [7, 11) is -3.64. The van der Waals surface area contributed by atoms with Crippen LogP contribution in [0.2, 0.25) is 5.02 Å². The van der Waals surface area contributed by atoms with Crippen LogP contribution in [-0.4, -0.2) is 55.1 Å². The lowest BCUT2D eigenvalue weighted by atomic mass is 9.97. The lowest BCUT2D eigenvalue weighted by Crippen LogP contribution is -2.41. The van der Waals surface area contributed by atoms with Crippen molar-refractivity contribution in [1.82, 2.24) is 14.5 Å². The highest BCUT2D eigenvalue weighted by Gasteiger charge is 2.32. The van der Waals surface area contributed by atoms with Gasteiger partial charge in [-0.05, 0) is 55.3 Å². The number of halogens is 1. The van der Waals surface area contributed by atoms with E-state index in [4.69, 9.17) is 25.5 Å². The molecule has 1 N–H and O–H groups in total. The number of hydrogen-bond donors (Lipinski definition) is 1. The number of ether oxygens (including phenoxy) is 2. The molecule has 0 spiro atoms. The van der Waals surface area contributed by atoms with Crippen LogP contribution in [0.15, 0.2) is 51.8 Å². The predicted octanol–water partition coefficient (Wildman–Crippen LogP) is 3.20. The summed E-state index contributed by atoms with van der Waals surface area (Å²) in [5, 5.41) is 11.0.